The summed E-state index contributed by atoms with van der Waals surface area (Å²) >= 11 is 0. The van der Waals surface area contributed by atoms with Crippen LogP contribution in [-0.4, -0.2) is 50.1 Å². The summed E-state index contributed by atoms with van der Waals surface area (Å²) in [7, 11) is 1.65. The minimum Gasteiger partial charge on any atom is -0.497 e. The Bertz CT molecular complexity index is 1870. The van der Waals surface area contributed by atoms with Gasteiger partial charge in [0.05, 0.1) is 19.3 Å². The molecule has 0 saturated carbocycles. The van der Waals surface area contributed by atoms with E-state index in [9.17, 15) is 9.59 Å². The number of anilines is 2. The number of amides is 2. The molecule has 1 heterocycles. The van der Waals surface area contributed by atoms with E-state index in [1.165, 1.54) is 5.69 Å². The molecule has 0 unspecified atom stereocenters. The molecule has 0 aliphatic carbocycles. The number of hydrogen-bond donors (Lipinski definition) is 2. The molecule has 0 aromatic heterocycles. The lowest BCUT2D eigenvalue weighted by atomic mass is 10.0. The first kappa shape index (κ1) is 34.2. The lowest BCUT2D eigenvalue weighted by molar-refractivity contribution is -0.128. The number of rotatable bonds is 13. The van der Waals surface area contributed by atoms with Crippen LogP contribution in [0.1, 0.15) is 24.0 Å². The normalized spacial score (nSPS) is 13.0. The van der Waals surface area contributed by atoms with E-state index in [1.54, 1.807) is 12.0 Å². The van der Waals surface area contributed by atoms with Gasteiger partial charge in [0.1, 0.15) is 11.5 Å². The first-order chi connectivity index (χ1) is 24.5. The van der Waals surface area contributed by atoms with Crippen molar-refractivity contribution in [1.82, 2.24) is 10.4 Å². The number of para-hydroxylation sites is 3. The standard InChI is InChI=1S/C41H43N5O4/c1-49-36-13-8-10-34(28-36)33-19-17-31(18-20-33)30-46(38-15-5-6-16-39(38)50-37-14-7-9-32(27-37)29-42)41(48)22-21-40(47)43-45-25-23-44(24-26-45)35-11-3-2-4-12-35/h2-20,27-28H,21-26,29-30,42H2,1H3,(H,43,47). The Balaban J connectivity index is 1.16. The fourth-order valence-corrected chi connectivity index (χ4v) is 6.03. The molecular formula is C41H43N5O4. The average molecular weight is 670 g/mol. The molecule has 5 aromatic carbocycles. The second kappa shape index (κ2) is 16.6. The monoisotopic (exact) mass is 669 g/mol. The molecule has 256 valence electrons. The van der Waals surface area contributed by atoms with E-state index >= 15 is 0 Å². The number of hydrazine groups is 1. The van der Waals surface area contributed by atoms with Crippen LogP contribution in [0.3, 0.4) is 0 Å². The van der Waals surface area contributed by atoms with Gasteiger partial charge in [-0.1, -0.05) is 78.9 Å². The van der Waals surface area contributed by atoms with Gasteiger partial charge in [-0.3, -0.25) is 15.0 Å². The molecule has 1 aliphatic rings. The summed E-state index contributed by atoms with van der Waals surface area (Å²) in [5.74, 6) is 1.58. The maximum absolute atomic E-state index is 14.0. The van der Waals surface area contributed by atoms with Gasteiger partial charge in [0.2, 0.25) is 11.8 Å². The highest BCUT2D eigenvalue weighted by atomic mass is 16.5. The fourth-order valence-electron chi connectivity index (χ4n) is 6.03. The van der Waals surface area contributed by atoms with E-state index in [2.05, 4.69) is 22.5 Å². The fraction of sp³-hybridized carbons (Fsp3) is 0.220. The topological polar surface area (TPSA) is 100 Å². The lowest BCUT2D eigenvalue weighted by Gasteiger charge is -2.36. The van der Waals surface area contributed by atoms with Gasteiger partial charge in [-0.25, -0.2) is 5.01 Å². The zero-order valence-corrected chi connectivity index (χ0v) is 28.3. The number of piperazine rings is 1. The van der Waals surface area contributed by atoms with E-state index in [4.69, 9.17) is 15.2 Å². The third-order valence-electron chi connectivity index (χ3n) is 8.77. The molecule has 1 saturated heterocycles. The van der Waals surface area contributed by atoms with Crippen LogP contribution in [-0.2, 0) is 22.7 Å². The van der Waals surface area contributed by atoms with Crippen molar-refractivity contribution in [3.63, 3.8) is 0 Å². The predicted molar refractivity (Wildman–Crippen MR) is 198 cm³/mol. The van der Waals surface area contributed by atoms with Crippen molar-refractivity contribution in [2.45, 2.75) is 25.9 Å². The van der Waals surface area contributed by atoms with Crippen molar-refractivity contribution in [2.24, 2.45) is 5.73 Å². The SMILES string of the molecule is COc1cccc(-c2ccc(CN(C(=O)CCC(=O)NN3CCN(c4ccccc4)CC3)c3ccccc3Oc3cccc(CN)c3)cc2)c1. The van der Waals surface area contributed by atoms with Crippen LogP contribution in [0.5, 0.6) is 17.2 Å². The molecule has 0 bridgehead atoms. The van der Waals surface area contributed by atoms with E-state index in [1.807, 2.05) is 120 Å². The number of carbonyl (C=O) groups excluding carboxylic acids is 2. The molecule has 0 atom stereocenters. The third-order valence-corrected chi connectivity index (χ3v) is 8.77. The summed E-state index contributed by atoms with van der Waals surface area (Å²) in [5.41, 5.74) is 14.6. The Morgan fingerprint density at radius 2 is 1.44 bits per heavy atom. The summed E-state index contributed by atoms with van der Waals surface area (Å²) in [6.07, 6.45) is 0.0965. The predicted octanol–water partition coefficient (Wildman–Crippen LogP) is 6.78. The summed E-state index contributed by atoms with van der Waals surface area (Å²) in [5, 5.41) is 1.94. The molecule has 5 aromatic rings. The van der Waals surface area contributed by atoms with Crippen LogP contribution in [0.15, 0.2) is 127 Å². The molecule has 0 radical (unpaired) electrons. The average Bonchev–Trinajstić information content (AvgIpc) is 3.17. The van der Waals surface area contributed by atoms with Crippen LogP contribution in [0.25, 0.3) is 11.1 Å². The summed E-state index contributed by atoms with van der Waals surface area (Å²) in [6, 6.07) is 41.4. The van der Waals surface area contributed by atoms with Crippen LogP contribution >= 0.6 is 0 Å². The molecule has 2 amide bonds. The number of nitrogens with two attached hydrogens (primary N) is 1. The Morgan fingerprint density at radius 3 is 2.20 bits per heavy atom. The number of carbonyl (C=O) groups is 2. The molecule has 9 heteroatoms. The van der Waals surface area contributed by atoms with Gasteiger partial charge in [-0.05, 0) is 70.8 Å². The van der Waals surface area contributed by atoms with Crippen molar-refractivity contribution in [1.29, 1.82) is 0 Å². The van der Waals surface area contributed by atoms with E-state index in [0.717, 1.165) is 41.1 Å². The summed E-state index contributed by atoms with van der Waals surface area (Å²) in [6.45, 7) is 3.69. The van der Waals surface area contributed by atoms with Gasteiger partial charge >= 0.3 is 0 Å². The van der Waals surface area contributed by atoms with Gasteiger partial charge in [-0.2, -0.15) is 0 Å². The van der Waals surface area contributed by atoms with E-state index in [0.29, 0.717) is 43.4 Å². The smallest absolute Gasteiger partial charge is 0.234 e. The lowest BCUT2D eigenvalue weighted by Crippen LogP contribution is -2.53. The number of nitrogens with zero attached hydrogens (tertiary/aromatic N) is 3. The van der Waals surface area contributed by atoms with Crippen LogP contribution < -0.4 is 30.4 Å². The number of benzene rings is 5. The first-order valence-electron chi connectivity index (χ1n) is 16.9. The quantitative estimate of drug-likeness (QED) is 0.143. The molecule has 0 spiro atoms. The van der Waals surface area contributed by atoms with Crippen molar-refractivity contribution >= 4 is 23.2 Å². The van der Waals surface area contributed by atoms with Crippen molar-refractivity contribution < 1.29 is 19.1 Å². The minimum atomic E-state index is -0.183. The van der Waals surface area contributed by atoms with Gasteiger partial charge in [0.25, 0.3) is 0 Å². The first-order valence-corrected chi connectivity index (χ1v) is 16.9. The van der Waals surface area contributed by atoms with Crippen LogP contribution in [0, 0.1) is 0 Å². The zero-order valence-electron chi connectivity index (χ0n) is 28.3. The third kappa shape index (κ3) is 8.87. The van der Waals surface area contributed by atoms with Crippen LogP contribution in [0.2, 0.25) is 0 Å². The molecule has 6 rings (SSSR count). The molecule has 9 nitrogen and oxygen atoms in total. The highest BCUT2D eigenvalue weighted by Gasteiger charge is 2.23. The second-order valence-corrected chi connectivity index (χ2v) is 12.2. The summed E-state index contributed by atoms with van der Waals surface area (Å²) < 4.78 is 11.7. The molecular weight excluding hydrogens is 626 g/mol. The van der Waals surface area contributed by atoms with E-state index in [-0.39, 0.29) is 24.7 Å². The number of methoxy groups -OCH3 is 1. The van der Waals surface area contributed by atoms with Crippen LogP contribution in [0.4, 0.5) is 11.4 Å². The van der Waals surface area contributed by atoms with Gasteiger partial charge in [0.15, 0.2) is 5.75 Å². The number of ether oxygens (including phenoxy) is 2. The van der Waals surface area contributed by atoms with Gasteiger partial charge in [-0.15, -0.1) is 0 Å². The Kier molecular flexibility index (Phi) is 11.4. The highest BCUT2D eigenvalue weighted by Crippen LogP contribution is 2.34. The highest BCUT2D eigenvalue weighted by molar-refractivity contribution is 5.96. The van der Waals surface area contributed by atoms with Gasteiger partial charge in [0, 0.05) is 51.3 Å². The van der Waals surface area contributed by atoms with E-state index < -0.39 is 0 Å². The number of hydrogen-bond acceptors (Lipinski definition) is 7. The van der Waals surface area contributed by atoms with Crippen molar-refractivity contribution in [3.05, 3.63) is 139 Å². The maximum atomic E-state index is 14.0. The molecule has 1 fully saturated rings. The van der Waals surface area contributed by atoms with Crippen molar-refractivity contribution in [2.75, 3.05) is 43.1 Å². The summed E-state index contributed by atoms with van der Waals surface area (Å²) in [4.78, 5) is 31.1. The van der Waals surface area contributed by atoms with Gasteiger partial charge < -0.3 is 25.0 Å². The largest absolute Gasteiger partial charge is 0.497 e. The molecule has 50 heavy (non-hydrogen) atoms. The van der Waals surface area contributed by atoms with Crippen molar-refractivity contribution in [3.8, 4) is 28.4 Å². The second-order valence-electron chi connectivity index (χ2n) is 12.2. The Morgan fingerprint density at radius 1 is 0.720 bits per heavy atom. The number of nitrogens with one attached hydrogen (secondary N) is 1. The Hall–Kier alpha value is -5.64. The Labute approximate surface area is 293 Å². The molecule has 1 aliphatic heterocycles. The zero-order chi connectivity index (χ0) is 34.7. The maximum Gasteiger partial charge on any atom is 0.234 e. The molecule has 3 N–H and O–H groups in total. The minimum absolute atomic E-state index is 0.0364.